The van der Waals surface area contributed by atoms with Crippen LogP contribution in [0.25, 0.3) is 0 Å². The Bertz CT molecular complexity index is 88.5. The summed E-state index contributed by atoms with van der Waals surface area (Å²) >= 11 is 0. The van der Waals surface area contributed by atoms with Crippen molar-refractivity contribution in [3.8, 4) is 0 Å². The second-order valence-corrected chi connectivity index (χ2v) is 1.93. The molecule has 0 aromatic carbocycles. The molecule has 46 valence electrons. The minimum Gasteiger partial charge on any atom is -0.501 e. The molecule has 1 aliphatic heterocycles. The van der Waals surface area contributed by atoms with Crippen LogP contribution < -0.4 is 0 Å². The maximum atomic E-state index is 8.44. The standard InChI is InChI=1S/C6H10O2/c7-3-1-6-2-4-8-5-6/h2,4,6-7H,1,3,5H2. The van der Waals surface area contributed by atoms with Crippen molar-refractivity contribution in [1.82, 2.24) is 0 Å². The fraction of sp³-hybridized carbons (Fsp3) is 0.667. The van der Waals surface area contributed by atoms with E-state index in [4.69, 9.17) is 9.84 Å². The van der Waals surface area contributed by atoms with Gasteiger partial charge < -0.3 is 9.84 Å². The van der Waals surface area contributed by atoms with Crippen LogP contribution in [0.4, 0.5) is 0 Å². The van der Waals surface area contributed by atoms with E-state index in [1.165, 1.54) is 0 Å². The molecule has 2 heteroatoms. The number of hydrogen-bond donors (Lipinski definition) is 1. The van der Waals surface area contributed by atoms with E-state index in [1.807, 2.05) is 6.08 Å². The Morgan fingerprint density at radius 1 is 1.75 bits per heavy atom. The van der Waals surface area contributed by atoms with Gasteiger partial charge in [0.2, 0.25) is 0 Å². The zero-order chi connectivity index (χ0) is 5.82. The van der Waals surface area contributed by atoms with E-state index in [9.17, 15) is 0 Å². The quantitative estimate of drug-likeness (QED) is 0.567. The smallest absolute Gasteiger partial charge is 0.0937 e. The largest absolute Gasteiger partial charge is 0.501 e. The first kappa shape index (κ1) is 5.63. The molecular weight excluding hydrogens is 104 g/mol. The van der Waals surface area contributed by atoms with Crippen LogP contribution in [0.5, 0.6) is 0 Å². The van der Waals surface area contributed by atoms with E-state index in [2.05, 4.69) is 0 Å². The van der Waals surface area contributed by atoms with E-state index in [0.29, 0.717) is 5.92 Å². The van der Waals surface area contributed by atoms with Gasteiger partial charge in [0, 0.05) is 12.5 Å². The third-order valence-electron chi connectivity index (χ3n) is 1.26. The van der Waals surface area contributed by atoms with E-state index >= 15 is 0 Å². The van der Waals surface area contributed by atoms with Gasteiger partial charge in [-0.25, -0.2) is 0 Å². The van der Waals surface area contributed by atoms with E-state index in [0.717, 1.165) is 13.0 Å². The predicted octanol–water partition coefficient (Wildman–Crippen LogP) is 0.529. The molecule has 0 aromatic rings. The normalized spacial score (nSPS) is 25.9. The highest BCUT2D eigenvalue weighted by molar-refractivity contribution is 4.88. The average molecular weight is 114 g/mol. The van der Waals surface area contributed by atoms with Crippen LogP contribution in [0.2, 0.25) is 0 Å². The molecule has 0 bridgehead atoms. The molecule has 0 radical (unpaired) electrons. The number of ether oxygens (including phenoxy) is 1. The fourth-order valence-corrected chi connectivity index (χ4v) is 0.747. The highest BCUT2D eigenvalue weighted by Gasteiger charge is 2.07. The van der Waals surface area contributed by atoms with Crippen molar-refractivity contribution in [2.24, 2.45) is 5.92 Å². The molecule has 1 aliphatic rings. The molecule has 0 fully saturated rings. The Balaban J connectivity index is 2.16. The third-order valence-corrected chi connectivity index (χ3v) is 1.26. The number of rotatable bonds is 2. The van der Waals surface area contributed by atoms with Crippen molar-refractivity contribution in [3.05, 3.63) is 12.3 Å². The molecule has 8 heavy (non-hydrogen) atoms. The van der Waals surface area contributed by atoms with Crippen molar-refractivity contribution >= 4 is 0 Å². The minimum absolute atomic E-state index is 0.262. The second kappa shape index (κ2) is 2.72. The summed E-state index contributed by atoms with van der Waals surface area (Å²) < 4.78 is 4.92. The Labute approximate surface area is 48.8 Å². The molecule has 0 aromatic heterocycles. The topological polar surface area (TPSA) is 29.5 Å². The van der Waals surface area contributed by atoms with Crippen LogP contribution in [-0.2, 0) is 4.74 Å². The van der Waals surface area contributed by atoms with E-state index < -0.39 is 0 Å². The van der Waals surface area contributed by atoms with Crippen LogP contribution in [0.15, 0.2) is 12.3 Å². The van der Waals surface area contributed by atoms with Gasteiger partial charge in [-0.15, -0.1) is 0 Å². The number of hydrogen-bond acceptors (Lipinski definition) is 2. The van der Waals surface area contributed by atoms with Crippen molar-refractivity contribution in [2.75, 3.05) is 13.2 Å². The molecule has 2 nitrogen and oxygen atoms in total. The maximum absolute atomic E-state index is 8.44. The van der Waals surface area contributed by atoms with E-state index in [1.54, 1.807) is 6.26 Å². The highest BCUT2D eigenvalue weighted by Crippen LogP contribution is 2.10. The first-order valence-corrected chi connectivity index (χ1v) is 2.82. The lowest BCUT2D eigenvalue weighted by Crippen LogP contribution is -2.00. The summed E-state index contributed by atoms with van der Waals surface area (Å²) in [6, 6.07) is 0. The molecule has 0 saturated heterocycles. The lowest BCUT2D eigenvalue weighted by Gasteiger charge is -2.00. The summed E-state index contributed by atoms with van der Waals surface area (Å²) in [5.41, 5.74) is 0. The zero-order valence-corrected chi connectivity index (χ0v) is 4.71. The maximum Gasteiger partial charge on any atom is 0.0937 e. The van der Waals surface area contributed by atoms with Gasteiger partial charge in [0.05, 0.1) is 12.9 Å². The molecule has 0 saturated carbocycles. The Morgan fingerprint density at radius 3 is 3.12 bits per heavy atom. The Morgan fingerprint density at radius 2 is 2.62 bits per heavy atom. The fourth-order valence-electron chi connectivity index (χ4n) is 0.747. The van der Waals surface area contributed by atoms with Crippen molar-refractivity contribution < 1.29 is 9.84 Å². The van der Waals surface area contributed by atoms with Gasteiger partial charge in [-0.05, 0) is 12.5 Å². The molecule has 0 aliphatic carbocycles. The van der Waals surface area contributed by atoms with Crippen LogP contribution in [-0.4, -0.2) is 18.3 Å². The Kier molecular flexibility index (Phi) is 1.92. The first-order valence-electron chi connectivity index (χ1n) is 2.82. The summed E-state index contributed by atoms with van der Waals surface area (Å²) in [5, 5.41) is 8.44. The molecule has 1 unspecified atom stereocenters. The van der Waals surface area contributed by atoms with Gasteiger partial charge in [-0.1, -0.05) is 0 Å². The summed E-state index contributed by atoms with van der Waals surface area (Å²) in [6.07, 6.45) is 4.51. The molecule has 1 heterocycles. The Hall–Kier alpha value is -0.500. The molecular formula is C6H10O2. The molecule has 1 rings (SSSR count). The van der Waals surface area contributed by atoms with Crippen LogP contribution >= 0.6 is 0 Å². The van der Waals surface area contributed by atoms with Crippen LogP contribution in [0.1, 0.15) is 6.42 Å². The van der Waals surface area contributed by atoms with Crippen molar-refractivity contribution in [2.45, 2.75) is 6.42 Å². The monoisotopic (exact) mass is 114 g/mol. The van der Waals surface area contributed by atoms with Gasteiger partial charge in [-0.2, -0.15) is 0 Å². The molecule has 1 atom stereocenters. The summed E-state index contributed by atoms with van der Waals surface area (Å²) in [7, 11) is 0. The van der Waals surface area contributed by atoms with Gasteiger partial charge >= 0.3 is 0 Å². The van der Waals surface area contributed by atoms with Crippen molar-refractivity contribution in [3.63, 3.8) is 0 Å². The lowest BCUT2D eigenvalue weighted by atomic mass is 10.1. The van der Waals surface area contributed by atoms with Crippen LogP contribution in [0.3, 0.4) is 0 Å². The SMILES string of the molecule is OCCC1C=COC1. The minimum atomic E-state index is 0.262. The van der Waals surface area contributed by atoms with E-state index in [-0.39, 0.29) is 6.61 Å². The van der Waals surface area contributed by atoms with Crippen LogP contribution in [0, 0.1) is 5.92 Å². The molecule has 0 amide bonds. The highest BCUT2D eigenvalue weighted by atomic mass is 16.5. The zero-order valence-electron chi connectivity index (χ0n) is 4.71. The first-order chi connectivity index (χ1) is 3.93. The predicted molar refractivity (Wildman–Crippen MR) is 30.3 cm³/mol. The third kappa shape index (κ3) is 1.23. The second-order valence-electron chi connectivity index (χ2n) is 1.93. The van der Waals surface area contributed by atoms with Crippen molar-refractivity contribution in [1.29, 1.82) is 0 Å². The number of aliphatic hydroxyl groups is 1. The van der Waals surface area contributed by atoms with Gasteiger partial charge in [-0.3, -0.25) is 0 Å². The summed E-state index contributed by atoms with van der Waals surface area (Å²) in [5.74, 6) is 0.458. The van der Waals surface area contributed by atoms with Gasteiger partial charge in [0.15, 0.2) is 0 Å². The molecule has 1 N–H and O–H groups in total. The summed E-state index contributed by atoms with van der Waals surface area (Å²) in [4.78, 5) is 0. The average Bonchev–Trinajstić information content (AvgIpc) is 2.19. The molecule has 0 spiro atoms. The van der Waals surface area contributed by atoms with Gasteiger partial charge in [0.25, 0.3) is 0 Å². The van der Waals surface area contributed by atoms with Gasteiger partial charge in [0.1, 0.15) is 0 Å². The lowest BCUT2D eigenvalue weighted by molar-refractivity contribution is 0.214. The number of aliphatic hydroxyl groups excluding tert-OH is 1. The summed E-state index contributed by atoms with van der Waals surface area (Å²) in [6.45, 7) is 1.01.